The standard InChI is InChI=1S/C25H30BrFN6O/c1-17(2)10-12-32-16-22(18-6-8-20(27)9-7-18)23(31-32)24(34)33-11-4-3-5-21(33)15-30-25-28-13-19(26)14-29-25/h6-9,13-14,16-17,21H,3-5,10-12,15H2,1-2H3,(H,28,29,30)/t21-/m0/s1. The number of hydrogen-bond donors (Lipinski definition) is 1. The third kappa shape index (κ3) is 6.00. The lowest BCUT2D eigenvalue weighted by Crippen LogP contribution is -2.47. The quantitative estimate of drug-likeness (QED) is 0.423. The van der Waals surface area contributed by atoms with Gasteiger partial charge in [-0.25, -0.2) is 14.4 Å². The second kappa shape index (κ2) is 11.1. The van der Waals surface area contributed by atoms with E-state index in [0.717, 1.165) is 47.8 Å². The van der Waals surface area contributed by atoms with Crippen LogP contribution in [0, 0.1) is 11.7 Å². The molecule has 1 N–H and O–H groups in total. The zero-order chi connectivity index (χ0) is 24.1. The minimum atomic E-state index is -0.304. The van der Waals surface area contributed by atoms with Crippen molar-refractivity contribution in [3.63, 3.8) is 0 Å². The highest BCUT2D eigenvalue weighted by Gasteiger charge is 2.31. The number of rotatable bonds is 8. The number of piperidine rings is 1. The molecule has 3 aromatic rings. The summed E-state index contributed by atoms with van der Waals surface area (Å²) in [4.78, 5) is 24.2. The minimum absolute atomic E-state index is 0.00961. The van der Waals surface area contributed by atoms with E-state index in [0.29, 0.717) is 30.6 Å². The van der Waals surface area contributed by atoms with Crippen molar-refractivity contribution in [2.24, 2.45) is 5.92 Å². The van der Waals surface area contributed by atoms with E-state index in [4.69, 9.17) is 5.10 Å². The van der Waals surface area contributed by atoms with E-state index in [1.807, 2.05) is 15.8 Å². The first kappa shape index (κ1) is 24.3. The van der Waals surface area contributed by atoms with Crippen LogP contribution in [0.2, 0.25) is 0 Å². The Balaban J connectivity index is 1.58. The van der Waals surface area contributed by atoms with Crippen LogP contribution in [0.15, 0.2) is 47.3 Å². The van der Waals surface area contributed by atoms with Gasteiger partial charge in [-0.1, -0.05) is 26.0 Å². The monoisotopic (exact) mass is 528 g/mol. The molecule has 0 unspecified atom stereocenters. The number of anilines is 1. The van der Waals surface area contributed by atoms with Gasteiger partial charge in [-0.3, -0.25) is 9.48 Å². The zero-order valence-corrected chi connectivity index (χ0v) is 21.1. The molecule has 0 saturated carbocycles. The number of nitrogens with one attached hydrogen (secondary N) is 1. The molecule has 1 aliphatic rings. The largest absolute Gasteiger partial charge is 0.352 e. The van der Waals surface area contributed by atoms with Crippen molar-refractivity contribution in [2.45, 2.75) is 52.1 Å². The molecule has 1 atom stereocenters. The molecule has 0 radical (unpaired) electrons. The van der Waals surface area contributed by atoms with E-state index in [1.165, 1.54) is 12.1 Å². The molecule has 1 aromatic carbocycles. The molecular weight excluding hydrogens is 499 g/mol. The lowest BCUT2D eigenvalue weighted by molar-refractivity contribution is 0.0622. The summed E-state index contributed by atoms with van der Waals surface area (Å²) >= 11 is 3.34. The fourth-order valence-corrected chi connectivity index (χ4v) is 4.36. The number of hydrogen-bond acceptors (Lipinski definition) is 5. The van der Waals surface area contributed by atoms with E-state index in [-0.39, 0.29) is 17.8 Å². The van der Waals surface area contributed by atoms with Crippen LogP contribution in [0.4, 0.5) is 10.3 Å². The smallest absolute Gasteiger partial charge is 0.275 e. The highest BCUT2D eigenvalue weighted by Crippen LogP contribution is 2.27. The first-order valence-electron chi connectivity index (χ1n) is 11.8. The number of benzene rings is 1. The average molecular weight is 529 g/mol. The van der Waals surface area contributed by atoms with Crippen molar-refractivity contribution in [2.75, 3.05) is 18.4 Å². The van der Waals surface area contributed by atoms with Gasteiger partial charge < -0.3 is 10.2 Å². The van der Waals surface area contributed by atoms with Crippen LogP contribution in [0.5, 0.6) is 0 Å². The molecule has 4 rings (SSSR count). The average Bonchev–Trinajstić information content (AvgIpc) is 3.27. The molecule has 34 heavy (non-hydrogen) atoms. The van der Waals surface area contributed by atoms with Crippen molar-refractivity contribution < 1.29 is 9.18 Å². The number of amides is 1. The molecule has 2 aromatic heterocycles. The first-order chi connectivity index (χ1) is 16.4. The van der Waals surface area contributed by atoms with Crippen molar-refractivity contribution in [3.8, 4) is 11.1 Å². The van der Waals surface area contributed by atoms with Gasteiger partial charge in [0.05, 0.1) is 4.47 Å². The predicted molar refractivity (Wildman–Crippen MR) is 134 cm³/mol. The van der Waals surface area contributed by atoms with Crippen LogP contribution in [0.3, 0.4) is 0 Å². The number of halogens is 2. The highest BCUT2D eigenvalue weighted by atomic mass is 79.9. The number of likely N-dealkylation sites (tertiary alicyclic amines) is 1. The van der Waals surface area contributed by atoms with Gasteiger partial charge >= 0.3 is 0 Å². The van der Waals surface area contributed by atoms with E-state index < -0.39 is 0 Å². The van der Waals surface area contributed by atoms with Gasteiger partial charge in [0.2, 0.25) is 5.95 Å². The Morgan fingerprint density at radius 3 is 2.65 bits per heavy atom. The first-order valence-corrected chi connectivity index (χ1v) is 12.6. The molecule has 1 saturated heterocycles. The Bertz CT molecular complexity index is 1100. The summed E-state index contributed by atoms with van der Waals surface area (Å²) in [5.41, 5.74) is 1.94. The maximum atomic E-state index is 13.8. The van der Waals surface area contributed by atoms with Crippen molar-refractivity contribution in [1.29, 1.82) is 0 Å². The van der Waals surface area contributed by atoms with Gasteiger partial charge in [0, 0.05) is 49.8 Å². The van der Waals surface area contributed by atoms with Gasteiger partial charge in [0.25, 0.3) is 5.91 Å². The fraction of sp³-hybridized carbons (Fsp3) is 0.440. The van der Waals surface area contributed by atoms with E-state index in [9.17, 15) is 9.18 Å². The van der Waals surface area contributed by atoms with Gasteiger partial charge in [-0.15, -0.1) is 0 Å². The summed E-state index contributed by atoms with van der Waals surface area (Å²) in [5.74, 6) is 0.661. The molecule has 0 bridgehead atoms. The minimum Gasteiger partial charge on any atom is -0.352 e. The number of aromatic nitrogens is 4. The van der Waals surface area contributed by atoms with Crippen LogP contribution in [-0.4, -0.2) is 49.7 Å². The molecule has 9 heteroatoms. The molecule has 7 nitrogen and oxygen atoms in total. The summed E-state index contributed by atoms with van der Waals surface area (Å²) in [6.45, 7) is 6.29. The van der Waals surface area contributed by atoms with Crippen LogP contribution in [-0.2, 0) is 6.54 Å². The molecule has 1 aliphatic heterocycles. The Morgan fingerprint density at radius 1 is 1.21 bits per heavy atom. The summed E-state index contributed by atoms with van der Waals surface area (Å²) in [6, 6.07) is 6.25. The second-order valence-electron chi connectivity index (χ2n) is 9.10. The maximum absolute atomic E-state index is 13.8. The highest BCUT2D eigenvalue weighted by molar-refractivity contribution is 9.10. The Kier molecular flexibility index (Phi) is 7.92. The van der Waals surface area contributed by atoms with Crippen LogP contribution < -0.4 is 5.32 Å². The van der Waals surface area contributed by atoms with E-state index >= 15 is 0 Å². The molecule has 1 fully saturated rings. The zero-order valence-electron chi connectivity index (χ0n) is 19.5. The second-order valence-corrected chi connectivity index (χ2v) is 10.0. The summed E-state index contributed by atoms with van der Waals surface area (Å²) in [5, 5.41) is 7.96. The summed E-state index contributed by atoms with van der Waals surface area (Å²) in [6.07, 6.45) is 9.17. The Hall–Kier alpha value is -2.81. The lowest BCUT2D eigenvalue weighted by Gasteiger charge is -2.35. The molecule has 0 aliphatic carbocycles. The van der Waals surface area contributed by atoms with Gasteiger partial charge in [0.15, 0.2) is 5.69 Å². The number of nitrogens with zero attached hydrogens (tertiary/aromatic N) is 5. The van der Waals surface area contributed by atoms with Gasteiger partial charge in [-0.2, -0.15) is 5.10 Å². The maximum Gasteiger partial charge on any atom is 0.275 e. The van der Waals surface area contributed by atoms with E-state index in [2.05, 4.69) is 45.1 Å². The van der Waals surface area contributed by atoms with Crippen molar-refractivity contribution in [3.05, 3.63) is 58.8 Å². The van der Waals surface area contributed by atoms with Crippen LogP contribution in [0.1, 0.15) is 50.0 Å². The van der Waals surface area contributed by atoms with Crippen molar-refractivity contribution >= 4 is 27.8 Å². The van der Waals surface area contributed by atoms with Crippen LogP contribution >= 0.6 is 15.9 Å². The Labute approximate surface area is 207 Å². The molecular formula is C25H30BrFN6O. The summed E-state index contributed by atoms with van der Waals surface area (Å²) in [7, 11) is 0. The van der Waals surface area contributed by atoms with Crippen LogP contribution in [0.25, 0.3) is 11.1 Å². The normalized spacial score (nSPS) is 16.1. The van der Waals surface area contributed by atoms with Gasteiger partial charge in [0.1, 0.15) is 5.82 Å². The van der Waals surface area contributed by atoms with Crippen molar-refractivity contribution in [1.82, 2.24) is 24.6 Å². The molecule has 1 amide bonds. The SMILES string of the molecule is CC(C)CCn1cc(-c2ccc(F)cc2)c(C(=O)N2CCCC[C@H]2CNc2ncc(Br)cn2)n1. The third-order valence-corrected chi connectivity index (χ3v) is 6.47. The van der Waals surface area contributed by atoms with E-state index in [1.54, 1.807) is 24.5 Å². The fourth-order valence-electron chi connectivity index (χ4n) is 4.15. The lowest BCUT2D eigenvalue weighted by atomic mass is 10.00. The number of carbonyl (C=O) groups is 1. The Morgan fingerprint density at radius 2 is 1.94 bits per heavy atom. The third-order valence-electron chi connectivity index (χ3n) is 6.06. The van der Waals surface area contributed by atoms with Gasteiger partial charge in [-0.05, 0) is 65.2 Å². The predicted octanol–water partition coefficient (Wildman–Crippen LogP) is 5.39. The number of carbonyl (C=O) groups excluding carboxylic acids is 1. The molecule has 180 valence electrons. The topological polar surface area (TPSA) is 75.9 Å². The summed E-state index contributed by atoms with van der Waals surface area (Å²) < 4.78 is 16.2. The number of aryl methyl sites for hydroxylation is 1. The molecule has 0 spiro atoms. The molecule has 3 heterocycles.